The molecule has 0 unspecified atom stereocenters. The van der Waals surface area contributed by atoms with Gasteiger partial charge in [-0.1, -0.05) is 13.8 Å². The zero-order valence-electron chi connectivity index (χ0n) is 17.5. The number of rotatable bonds is 9. The number of hydrogen-bond acceptors (Lipinski definition) is 7. The Hall–Kier alpha value is -3.17. The number of anilines is 3. The van der Waals surface area contributed by atoms with Gasteiger partial charge in [-0.2, -0.15) is 15.1 Å². The van der Waals surface area contributed by atoms with Gasteiger partial charge in [-0.05, 0) is 26.7 Å². The summed E-state index contributed by atoms with van der Waals surface area (Å²) < 4.78 is 3.45. The van der Waals surface area contributed by atoms with Gasteiger partial charge in [0.15, 0.2) is 17.0 Å². The first-order valence-electron chi connectivity index (χ1n) is 10.0. The third kappa shape index (κ3) is 4.47. The summed E-state index contributed by atoms with van der Waals surface area (Å²) >= 11 is 0. The normalized spacial score (nSPS) is 11.2. The largest absolute Gasteiger partial charge is 0.368 e. The van der Waals surface area contributed by atoms with E-state index in [0.717, 1.165) is 37.4 Å². The molecule has 0 atom stereocenters. The Morgan fingerprint density at radius 1 is 1.21 bits per heavy atom. The fraction of sp³-hybridized carbons (Fsp3) is 0.526. The molecule has 0 aromatic carbocycles. The summed E-state index contributed by atoms with van der Waals surface area (Å²) in [6.45, 7) is 10.6. The topological polar surface area (TPSA) is 120 Å². The van der Waals surface area contributed by atoms with E-state index in [-0.39, 0.29) is 18.4 Å². The molecule has 29 heavy (non-hydrogen) atoms. The van der Waals surface area contributed by atoms with Crippen LogP contribution >= 0.6 is 0 Å². The highest BCUT2D eigenvalue weighted by Gasteiger charge is 2.18. The molecule has 3 N–H and O–H groups in total. The average Bonchev–Trinajstić information content (AvgIpc) is 3.23. The van der Waals surface area contributed by atoms with Gasteiger partial charge in [-0.3, -0.25) is 4.79 Å². The molecule has 0 aliphatic carbocycles. The summed E-state index contributed by atoms with van der Waals surface area (Å²) in [6, 6.07) is 1.85. The van der Waals surface area contributed by atoms with Crippen LogP contribution in [-0.2, 0) is 17.9 Å². The Labute approximate surface area is 170 Å². The first-order chi connectivity index (χ1) is 14.0. The maximum atomic E-state index is 12.6. The van der Waals surface area contributed by atoms with Crippen molar-refractivity contribution in [2.45, 2.75) is 53.6 Å². The van der Waals surface area contributed by atoms with E-state index in [0.29, 0.717) is 23.5 Å². The van der Waals surface area contributed by atoms with Crippen LogP contribution in [0.2, 0.25) is 0 Å². The molecule has 0 saturated heterocycles. The van der Waals surface area contributed by atoms with Crippen molar-refractivity contribution in [1.29, 1.82) is 0 Å². The number of amides is 1. The third-order valence-electron chi connectivity index (χ3n) is 4.53. The lowest BCUT2D eigenvalue weighted by atomic mass is 10.3. The van der Waals surface area contributed by atoms with E-state index in [4.69, 9.17) is 5.73 Å². The van der Waals surface area contributed by atoms with Gasteiger partial charge in [0.2, 0.25) is 11.9 Å². The highest BCUT2D eigenvalue weighted by atomic mass is 16.2. The van der Waals surface area contributed by atoms with Gasteiger partial charge >= 0.3 is 0 Å². The van der Waals surface area contributed by atoms with Crippen LogP contribution in [-0.4, -0.2) is 48.3 Å². The Kier molecular flexibility index (Phi) is 6.30. The SMILES string of the molecule is CCCN(CCC)c1nc(N)nc2c1ncn2CC(=O)Nc1cc(C)nn1CC. The smallest absolute Gasteiger partial charge is 0.245 e. The van der Waals surface area contributed by atoms with Crippen molar-refractivity contribution in [3.63, 3.8) is 0 Å². The summed E-state index contributed by atoms with van der Waals surface area (Å²) in [5.74, 6) is 1.38. The Bertz CT molecular complexity index is 985. The molecular formula is C19H29N9O. The molecule has 0 aliphatic heterocycles. The molecule has 156 valence electrons. The van der Waals surface area contributed by atoms with Crippen molar-refractivity contribution in [3.05, 3.63) is 18.1 Å². The summed E-state index contributed by atoms with van der Waals surface area (Å²) in [6.07, 6.45) is 3.58. The number of fused-ring (bicyclic) bond motifs is 1. The molecule has 0 bridgehead atoms. The van der Waals surface area contributed by atoms with Gasteiger partial charge < -0.3 is 20.5 Å². The molecule has 10 nitrogen and oxygen atoms in total. The maximum Gasteiger partial charge on any atom is 0.245 e. The first-order valence-corrected chi connectivity index (χ1v) is 10.0. The second-order valence-electron chi connectivity index (χ2n) is 6.97. The quantitative estimate of drug-likeness (QED) is 0.566. The van der Waals surface area contributed by atoms with E-state index in [9.17, 15) is 4.79 Å². The number of carbonyl (C=O) groups excluding carboxylic acids is 1. The van der Waals surface area contributed by atoms with Crippen molar-refractivity contribution < 1.29 is 4.79 Å². The summed E-state index contributed by atoms with van der Waals surface area (Å²) in [5, 5.41) is 7.25. The second kappa shape index (κ2) is 8.89. The number of nitrogens with zero attached hydrogens (tertiary/aromatic N) is 7. The summed E-state index contributed by atoms with van der Waals surface area (Å²) in [7, 11) is 0. The van der Waals surface area contributed by atoms with E-state index in [2.05, 4.69) is 44.1 Å². The van der Waals surface area contributed by atoms with Crippen LogP contribution in [0.4, 0.5) is 17.6 Å². The van der Waals surface area contributed by atoms with Crippen molar-refractivity contribution in [3.8, 4) is 0 Å². The fourth-order valence-corrected chi connectivity index (χ4v) is 3.37. The molecule has 0 fully saturated rings. The lowest BCUT2D eigenvalue weighted by Gasteiger charge is -2.22. The number of aromatic nitrogens is 6. The number of aryl methyl sites for hydroxylation is 2. The van der Waals surface area contributed by atoms with Crippen LogP contribution in [0.1, 0.15) is 39.3 Å². The van der Waals surface area contributed by atoms with Crippen LogP contribution in [0, 0.1) is 6.92 Å². The van der Waals surface area contributed by atoms with Crippen LogP contribution in [0.3, 0.4) is 0 Å². The van der Waals surface area contributed by atoms with E-state index >= 15 is 0 Å². The minimum atomic E-state index is -0.184. The fourth-order valence-electron chi connectivity index (χ4n) is 3.37. The summed E-state index contributed by atoms with van der Waals surface area (Å²) in [5.41, 5.74) is 8.04. The maximum absolute atomic E-state index is 12.6. The molecule has 3 aromatic heterocycles. The van der Waals surface area contributed by atoms with Gasteiger partial charge in [-0.15, -0.1) is 0 Å². The van der Waals surface area contributed by atoms with E-state index < -0.39 is 0 Å². The predicted molar refractivity (Wildman–Crippen MR) is 114 cm³/mol. The van der Waals surface area contributed by atoms with E-state index in [1.54, 1.807) is 15.6 Å². The van der Waals surface area contributed by atoms with Crippen molar-refractivity contribution in [2.75, 3.05) is 29.0 Å². The Morgan fingerprint density at radius 3 is 2.59 bits per heavy atom. The second-order valence-corrected chi connectivity index (χ2v) is 6.97. The third-order valence-corrected chi connectivity index (χ3v) is 4.53. The van der Waals surface area contributed by atoms with E-state index in [1.165, 1.54) is 0 Å². The Balaban J connectivity index is 1.87. The molecular weight excluding hydrogens is 370 g/mol. The minimum Gasteiger partial charge on any atom is -0.368 e. The number of imidazole rings is 1. The number of carbonyl (C=O) groups is 1. The van der Waals surface area contributed by atoms with Gasteiger partial charge in [0.05, 0.1) is 12.0 Å². The average molecular weight is 400 g/mol. The molecule has 0 saturated carbocycles. The van der Waals surface area contributed by atoms with E-state index in [1.807, 2.05) is 19.9 Å². The van der Waals surface area contributed by atoms with Crippen molar-refractivity contribution >= 4 is 34.7 Å². The number of nitrogen functional groups attached to an aromatic ring is 1. The zero-order chi connectivity index (χ0) is 21.0. The number of hydrogen-bond donors (Lipinski definition) is 2. The molecule has 0 radical (unpaired) electrons. The summed E-state index contributed by atoms with van der Waals surface area (Å²) in [4.78, 5) is 28.0. The monoisotopic (exact) mass is 399 g/mol. The predicted octanol–water partition coefficient (Wildman–Crippen LogP) is 2.20. The van der Waals surface area contributed by atoms with Crippen LogP contribution < -0.4 is 16.0 Å². The molecule has 3 heterocycles. The lowest BCUT2D eigenvalue weighted by molar-refractivity contribution is -0.116. The van der Waals surface area contributed by atoms with Gasteiger partial charge in [0.1, 0.15) is 12.4 Å². The van der Waals surface area contributed by atoms with Gasteiger partial charge in [-0.25, -0.2) is 9.67 Å². The van der Waals surface area contributed by atoms with Crippen LogP contribution in [0.15, 0.2) is 12.4 Å². The van der Waals surface area contributed by atoms with Gasteiger partial charge in [0, 0.05) is 25.7 Å². The van der Waals surface area contributed by atoms with Crippen LogP contribution in [0.25, 0.3) is 11.2 Å². The Morgan fingerprint density at radius 2 is 1.93 bits per heavy atom. The van der Waals surface area contributed by atoms with Gasteiger partial charge in [0.25, 0.3) is 0 Å². The minimum absolute atomic E-state index is 0.0713. The highest BCUT2D eigenvalue weighted by molar-refractivity contribution is 5.91. The molecule has 3 rings (SSSR count). The van der Waals surface area contributed by atoms with Crippen LogP contribution in [0.5, 0.6) is 0 Å². The van der Waals surface area contributed by atoms with Crippen molar-refractivity contribution in [1.82, 2.24) is 29.3 Å². The lowest BCUT2D eigenvalue weighted by Crippen LogP contribution is -2.26. The molecule has 10 heteroatoms. The number of nitrogens with two attached hydrogens (primary N) is 1. The molecule has 0 aliphatic rings. The molecule has 3 aromatic rings. The standard InChI is InChI=1S/C19H29N9O/c1-5-8-26(9-6-2)17-16-18(24-19(20)23-17)27(12-21-16)11-15(29)22-14-10-13(4)25-28(14)7-3/h10,12H,5-9,11H2,1-4H3,(H,22,29)(H2,20,23,24). The molecule has 0 spiro atoms. The zero-order valence-corrected chi connectivity index (χ0v) is 17.5. The number of nitrogens with one attached hydrogen (secondary N) is 1. The van der Waals surface area contributed by atoms with Crippen molar-refractivity contribution in [2.24, 2.45) is 0 Å². The highest BCUT2D eigenvalue weighted by Crippen LogP contribution is 2.24. The molecule has 1 amide bonds. The first kappa shape index (κ1) is 20.6.